The highest BCUT2D eigenvalue weighted by Crippen LogP contribution is 2.15. The van der Waals surface area contributed by atoms with Crippen molar-refractivity contribution < 1.29 is 29.3 Å². The SMILES string of the molecule is C/C=C\C=C(/C)C(O)Cc1ccccn1.CNc1ccccc1CNc1ccccn1.CO.O=CCOCCOCC=O. The average Bonchev–Trinajstić information content (AvgIpc) is 3.07. The molecule has 234 valence electrons. The van der Waals surface area contributed by atoms with Gasteiger partial charge in [-0.25, -0.2) is 4.98 Å². The molecule has 0 saturated heterocycles. The van der Waals surface area contributed by atoms with E-state index in [0.717, 1.165) is 36.4 Å². The Hall–Kier alpha value is -4.22. The number of nitrogens with zero attached hydrogens (tertiary/aromatic N) is 2. The van der Waals surface area contributed by atoms with E-state index in [4.69, 9.17) is 14.6 Å². The molecule has 1 aromatic carbocycles. The number of carbonyl (C=O) groups is 2. The van der Waals surface area contributed by atoms with E-state index in [9.17, 15) is 14.7 Å². The van der Waals surface area contributed by atoms with Crippen LogP contribution in [0.4, 0.5) is 11.5 Å². The molecule has 10 heteroatoms. The number of para-hydroxylation sites is 1. The van der Waals surface area contributed by atoms with E-state index < -0.39 is 6.10 Å². The number of aliphatic hydroxyl groups excluding tert-OH is 2. The van der Waals surface area contributed by atoms with Crippen molar-refractivity contribution in [3.05, 3.63) is 108 Å². The number of benzene rings is 1. The van der Waals surface area contributed by atoms with Crippen LogP contribution in [0.15, 0.2) is 96.9 Å². The van der Waals surface area contributed by atoms with Crippen molar-refractivity contribution in [2.75, 3.05) is 51.2 Å². The Morgan fingerprint density at radius 1 is 0.907 bits per heavy atom. The van der Waals surface area contributed by atoms with Gasteiger partial charge >= 0.3 is 0 Å². The molecule has 0 aliphatic carbocycles. The quantitative estimate of drug-likeness (QED) is 0.114. The summed E-state index contributed by atoms with van der Waals surface area (Å²) in [5.74, 6) is 0.897. The maximum atomic E-state index is 9.86. The number of hydrogen-bond donors (Lipinski definition) is 4. The Morgan fingerprint density at radius 3 is 2.05 bits per heavy atom. The van der Waals surface area contributed by atoms with Crippen molar-refractivity contribution in [3.63, 3.8) is 0 Å². The number of aliphatic hydroxyl groups is 2. The summed E-state index contributed by atoms with van der Waals surface area (Å²) in [6, 6.07) is 19.8. The Kier molecular flexibility index (Phi) is 25.2. The van der Waals surface area contributed by atoms with Gasteiger partial charge in [0.2, 0.25) is 0 Å². The lowest BCUT2D eigenvalue weighted by Gasteiger charge is -2.10. The van der Waals surface area contributed by atoms with Crippen LogP contribution in [0.1, 0.15) is 25.1 Å². The summed E-state index contributed by atoms with van der Waals surface area (Å²) in [5, 5.41) is 23.3. The van der Waals surface area contributed by atoms with Crippen molar-refractivity contribution in [1.29, 1.82) is 0 Å². The molecule has 0 aliphatic rings. The zero-order valence-electron chi connectivity index (χ0n) is 25.6. The first-order chi connectivity index (χ1) is 21.0. The van der Waals surface area contributed by atoms with E-state index in [-0.39, 0.29) is 13.2 Å². The predicted molar refractivity (Wildman–Crippen MR) is 172 cm³/mol. The van der Waals surface area contributed by atoms with Crippen LogP contribution in [0.5, 0.6) is 0 Å². The van der Waals surface area contributed by atoms with Gasteiger partial charge in [-0.1, -0.05) is 48.6 Å². The van der Waals surface area contributed by atoms with Crippen LogP contribution in [0.2, 0.25) is 0 Å². The predicted octanol–water partition coefficient (Wildman–Crippen LogP) is 4.27. The Morgan fingerprint density at radius 2 is 1.51 bits per heavy atom. The van der Waals surface area contributed by atoms with Gasteiger partial charge in [-0.2, -0.15) is 0 Å². The van der Waals surface area contributed by atoms with Crippen molar-refractivity contribution in [2.24, 2.45) is 0 Å². The van der Waals surface area contributed by atoms with Gasteiger partial charge in [0, 0.05) is 50.9 Å². The number of hydrogen-bond acceptors (Lipinski definition) is 10. The largest absolute Gasteiger partial charge is 0.400 e. The number of anilines is 2. The number of allylic oxidation sites excluding steroid dienone is 3. The normalized spacial score (nSPS) is 11.0. The first kappa shape index (κ1) is 38.8. The summed E-state index contributed by atoms with van der Waals surface area (Å²) >= 11 is 0. The third-order valence-corrected chi connectivity index (χ3v) is 5.36. The average molecular weight is 595 g/mol. The number of aldehydes is 2. The van der Waals surface area contributed by atoms with Crippen molar-refractivity contribution in [3.8, 4) is 0 Å². The van der Waals surface area contributed by atoms with Gasteiger partial charge in [-0.15, -0.1) is 0 Å². The molecule has 1 unspecified atom stereocenters. The Balaban J connectivity index is 0.000000614. The lowest BCUT2D eigenvalue weighted by molar-refractivity contribution is -0.115. The molecule has 2 heterocycles. The number of ether oxygens (including phenoxy) is 2. The number of aromatic nitrogens is 2. The van der Waals surface area contributed by atoms with Crippen LogP contribution in [0, 0.1) is 0 Å². The van der Waals surface area contributed by atoms with Crippen LogP contribution < -0.4 is 10.6 Å². The number of pyridine rings is 2. The summed E-state index contributed by atoms with van der Waals surface area (Å²) in [6.45, 7) is 5.53. The van der Waals surface area contributed by atoms with Gasteiger partial charge in [0.05, 0.1) is 19.3 Å². The van der Waals surface area contributed by atoms with Gasteiger partial charge in [0.1, 0.15) is 31.6 Å². The fourth-order valence-electron chi connectivity index (χ4n) is 3.19. The molecule has 0 bridgehead atoms. The minimum Gasteiger partial charge on any atom is -0.400 e. The third-order valence-electron chi connectivity index (χ3n) is 5.36. The molecule has 10 nitrogen and oxygen atoms in total. The molecule has 0 aliphatic heterocycles. The highest BCUT2D eigenvalue weighted by atomic mass is 16.5. The van der Waals surface area contributed by atoms with E-state index >= 15 is 0 Å². The highest BCUT2D eigenvalue weighted by molar-refractivity contribution is 5.52. The molecule has 0 radical (unpaired) electrons. The number of nitrogens with one attached hydrogen (secondary N) is 2. The van der Waals surface area contributed by atoms with Crippen LogP contribution in [0.3, 0.4) is 0 Å². The zero-order valence-corrected chi connectivity index (χ0v) is 25.6. The topological polar surface area (TPSA) is 143 Å². The van der Waals surface area contributed by atoms with Crippen LogP contribution >= 0.6 is 0 Å². The van der Waals surface area contributed by atoms with E-state index in [0.29, 0.717) is 32.2 Å². The zero-order chi connectivity index (χ0) is 32.0. The first-order valence-corrected chi connectivity index (χ1v) is 13.8. The van der Waals surface area contributed by atoms with Crippen LogP contribution in [-0.2, 0) is 32.0 Å². The Bertz CT molecular complexity index is 1130. The van der Waals surface area contributed by atoms with E-state index in [1.807, 2.05) is 87.7 Å². The molecule has 1 atom stereocenters. The standard InChI is InChI=1S/C13H15N3.C13H17NO.C6H10O4.CH4O/c1-14-12-7-3-2-6-11(12)10-16-13-8-4-5-9-15-13;1-3-4-7-11(2)13(15)10-12-8-5-6-9-14-12;7-1-3-9-5-6-10-4-2-8;1-2/h2-9,14H,10H2,1H3,(H,15,16);3-9,13,15H,10H2,1-2H3;1-2H,3-6H2;2H,1H3/b;4-3-,11-7+;;. The lowest BCUT2D eigenvalue weighted by Crippen LogP contribution is -2.12. The fourth-order valence-corrected chi connectivity index (χ4v) is 3.19. The smallest absolute Gasteiger partial charge is 0.145 e. The molecule has 0 fully saturated rings. The molecule has 0 spiro atoms. The van der Waals surface area contributed by atoms with Gasteiger partial charge < -0.3 is 39.9 Å². The number of rotatable bonds is 15. The molecule has 4 N–H and O–H groups in total. The lowest BCUT2D eigenvalue weighted by atomic mass is 10.1. The summed E-state index contributed by atoms with van der Waals surface area (Å²) in [7, 11) is 2.93. The second kappa shape index (κ2) is 27.9. The summed E-state index contributed by atoms with van der Waals surface area (Å²) in [5.41, 5.74) is 4.25. The van der Waals surface area contributed by atoms with E-state index in [2.05, 4.69) is 32.7 Å². The van der Waals surface area contributed by atoms with E-state index in [1.54, 1.807) is 12.4 Å². The third kappa shape index (κ3) is 20.3. The van der Waals surface area contributed by atoms with Crippen molar-refractivity contribution >= 4 is 24.1 Å². The number of carbonyl (C=O) groups excluding carboxylic acids is 2. The van der Waals surface area contributed by atoms with Crippen LogP contribution in [-0.4, -0.2) is 79.4 Å². The summed E-state index contributed by atoms with van der Waals surface area (Å²) in [4.78, 5) is 27.7. The van der Waals surface area contributed by atoms with E-state index in [1.165, 1.54) is 5.56 Å². The van der Waals surface area contributed by atoms with Crippen molar-refractivity contribution in [1.82, 2.24) is 9.97 Å². The Labute approximate surface area is 255 Å². The molecule has 2 aromatic heterocycles. The highest BCUT2D eigenvalue weighted by Gasteiger charge is 2.07. The molecule has 0 amide bonds. The van der Waals surface area contributed by atoms with Gasteiger partial charge in [-0.3, -0.25) is 4.98 Å². The molecular weight excluding hydrogens is 548 g/mol. The minimum absolute atomic E-state index is 0.0877. The monoisotopic (exact) mass is 594 g/mol. The molecule has 3 aromatic rings. The maximum Gasteiger partial charge on any atom is 0.145 e. The van der Waals surface area contributed by atoms with Crippen LogP contribution in [0.25, 0.3) is 0 Å². The summed E-state index contributed by atoms with van der Waals surface area (Å²) < 4.78 is 9.44. The first-order valence-electron chi connectivity index (χ1n) is 13.8. The van der Waals surface area contributed by atoms with Crippen molar-refractivity contribution in [2.45, 2.75) is 32.9 Å². The molecule has 0 saturated carbocycles. The fraction of sp³-hybridized carbons (Fsp3) is 0.333. The molecule has 43 heavy (non-hydrogen) atoms. The van der Waals surface area contributed by atoms with Gasteiger partial charge in [-0.05, 0) is 55.3 Å². The molecule has 3 rings (SSSR count). The van der Waals surface area contributed by atoms with Gasteiger partial charge in [0.25, 0.3) is 0 Å². The minimum atomic E-state index is -0.448. The molecular formula is C33H46N4O6. The second-order valence-electron chi connectivity index (χ2n) is 8.44. The second-order valence-corrected chi connectivity index (χ2v) is 8.44. The maximum absolute atomic E-state index is 9.86. The van der Waals surface area contributed by atoms with Gasteiger partial charge in [0.15, 0.2) is 0 Å². The summed E-state index contributed by atoms with van der Waals surface area (Å²) in [6.07, 6.45) is 10.8.